The topological polar surface area (TPSA) is 20.2 Å². The summed E-state index contributed by atoms with van der Waals surface area (Å²) >= 11 is 10.5. The Morgan fingerprint density at radius 3 is 2.59 bits per heavy atom. The number of hydrogen-bond donors (Lipinski definition) is 1. The minimum absolute atomic E-state index is 0.239. The van der Waals surface area contributed by atoms with E-state index in [1.807, 2.05) is 6.92 Å². The molecule has 1 aromatic heterocycles. The highest BCUT2D eigenvalue weighted by molar-refractivity contribution is 9.11. The molecule has 2 rings (SSSR count). The van der Waals surface area contributed by atoms with Gasteiger partial charge in [0, 0.05) is 15.5 Å². The molecule has 1 nitrogen and oxygen atoms in total. The average molecular weight is 336 g/mol. The fraction of sp³-hybridized carbons (Fsp3) is 0.167. The predicted octanol–water partition coefficient (Wildman–Crippen LogP) is 4.69. The molecular formula is C12H9BrClFOS. The van der Waals surface area contributed by atoms with Crippen molar-refractivity contribution in [1.29, 1.82) is 0 Å². The molecular weight excluding hydrogens is 327 g/mol. The molecule has 0 aliphatic rings. The van der Waals surface area contributed by atoms with Crippen molar-refractivity contribution in [1.82, 2.24) is 0 Å². The molecule has 0 saturated heterocycles. The van der Waals surface area contributed by atoms with E-state index in [2.05, 4.69) is 15.9 Å². The molecule has 0 bridgehead atoms. The minimum Gasteiger partial charge on any atom is -0.384 e. The maximum absolute atomic E-state index is 13.7. The number of aryl methyl sites for hydroxylation is 1. The number of aliphatic hydroxyl groups is 1. The molecule has 1 aromatic carbocycles. The molecule has 0 saturated carbocycles. The van der Waals surface area contributed by atoms with Crippen LogP contribution in [0.3, 0.4) is 0 Å². The zero-order valence-corrected chi connectivity index (χ0v) is 12.0. The van der Waals surface area contributed by atoms with Crippen LogP contribution in [-0.2, 0) is 0 Å². The maximum atomic E-state index is 13.7. The quantitative estimate of drug-likeness (QED) is 0.844. The van der Waals surface area contributed by atoms with Crippen LogP contribution in [0.4, 0.5) is 4.39 Å². The zero-order valence-electron chi connectivity index (χ0n) is 8.88. The number of halogens is 3. The van der Waals surface area contributed by atoms with Gasteiger partial charge in [0.25, 0.3) is 0 Å². The highest BCUT2D eigenvalue weighted by Gasteiger charge is 2.18. The normalized spacial score (nSPS) is 12.8. The molecule has 90 valence electrons. The second kappa shape index (κ2) is 5.06. The summed E-state index contributed by atoms with van der Waals surface area (Å²) in [5.41, 5.74) is 0.950. The SMILES string of the molecule is Cc1sc(Br)cc1C(O)c1ccc(Cl)cc1F. The Balaban J connectivity index is 2.43. The van der Waals surface area contributed by atoms with E-state index in [0.717, 1.165) is 8.66 Å². The van der Waals surface area contributed by atoms with Crippen LogP contribution in [0.15, 0.2) is 28.1 Å². The smallest absolute Gasteiger partial charge is 0.130 e. The van der Waals surface area contributed by atoms with Crippen LogP contribution < -0.4 is 0 Å². The Bertz CT molecular complexity index is 555. The monoisotopic (exact) mass is 334 g/mol. The van der Waals surface area contributed by atoms with Crippen molar-refractivity contribution in [3.8, 4) is 0 Å². The molecule has 1 unspecified atom stereocenters. The third-order valence-corrected chi connectivity index (χ3v) is 4.28. The first-order valence-electron chi connectivity index (χ1n) is 4.88. The van der Waals surface area contributed by atoms with Gasteiger partial charge in [0.1, 0.15) is 11.9 Å². The van der Waals surface area contributed by atoms with E-state index < -0.39 is 11.9 Å². The summed E-state index contributed by atoms with van der Waals surface area (Å²) < 4.78 is 14.6. The Labute approximate surface area is 116 Å². The van der Waals surface area contributed by atoms with Crippen LogP contribution in [0, 0.1) is 12.7 Å². The largest absolute Gasteiger partial charge is 0.384 e. The van der Waals surface area contributed by atoms with Crippen LogP contribution in [0.25, 0.3) is 0 Å². The first-order chi connectivity index (χ1) is 7.99. The van der Waals surface area contributed by atoms with E-state index in [1.54, 1.807) is 12.1 Å². The highest BCUT2D eigenvalue weighted by atomic mass is 79.9. The van der Waals surface area contributed by atoms with Crippen molar-refractivity contribution >= 4 is 38.9 Å². The minimum atomic E-state index is -0.963. The second-order valence-corrected chi connectivity index (χ2v) is 6.70. The van der Waals surface area contributed by atoms with Crippen molar-refractivity contribution in [3.05, 3.63) is 54.9 Å². The van der Waals surface area contributed by atoms with Gasteiger partial charge in [-0.3, -0.25) is 0 Å². The lowest BCUT2D eigenvalue weighted by Crippen LogP contribution is -2.02. The Hall–Kier alpha value is -0.420. The Morgan fingerprint density at radius 2 is 2.06 bits per heavy atom. The molecule has 2 aromatic rings. The standard InChI is InChI=1S/C12H9BrClFOS/c1-6-9(5-11(13)17-6)12(16)8-3-2-7(14)4-10(8)15/h2-5,12,16H,1H3. The summed E-state index contributed by atoms with van der Waals surface area (Å²) in [5, 5.41) is 10.5. The molecule has 0 fully saturated rings. The first-order valence-corrected chi connectivity index (χ1v) is 6.86. The van der Waals surface area contributed by atoms with Gasteiger partial charge in [-0.15, -0.1) is 11.3 Å². The molecule has 5 heteroatoms. The summed E-state index contributed by atoms with van der Waals surface area (Å²) in [6.45, 7) is 1.89. The molecule has 0 aliphatic heterocycles. The van der Waals surface area contributed by atoms with Crippen LogP contribution >= 0.6 is 38.9 Å². The fourth-order valence-electron chi connectivity index (χ4n) is 1.62. The summed E-state index contributed by atoms with van der Waals surface area (Å²) in [6, 6.07) is 6.09. The van der Waals surface area contributed by atoms with Gasteiger partial charge < -0.3 is 5.11 Å². The van der Waals surface area contributed by atoms with E-state index in [9.17, 15) is 9.50 Å². The molecule has 17 heavy (non-hydrogen) atoms. The van der Waals surface area contributed by atoms with Crippen molar-refractivity contribution in [3.63, 3.8) is 0 Å². The number of thiophene rings is 1. The molecule has 1 N–H and O–H groups in total. The van der Waals surface area contributed by atoms with Gasteiger partial charge in [-0.05, 0) is 46.6 Å². The zero-order chi connectivity index (χ0) is 12.6. The lowest BCUT2D eigenvalue weighted by Gasteiger charge is -2.12. The highest BCUT2D eigenvalue weighted by Crippen LogP contribution is 2.34. The first kappa shape index (κ1) is 13.0. The van der Waals surface area contributed by atoms with Gasteiger partial charge in [-0.2, -0.15) is 0 Å². The van der Waals surface area contributed by atoms with E-state index >= 15 is 0 Å². The fourth-order valence-corrected chi connectivity index (χ4v) is 3.52. The van der Waals surface area contributed by atoms with Gasteiger partial charge in [0.05, 0.1) is 3.79 Å². The van der Waals surface area contributed by atoms with E-state index in [0.29, 0.717) is 10.6 Å². The number of benzene rings is 1. The maximum Gasteiger partial charge on any atom is 0.130 e. The van der Waals surface area contributed by atoms with Gasteiger partial charge in [0.2, 0.25) is 0 Å². The Morgan fingerprint density at radius 1 is 1.35 bits per heavy atom. The van der Waals surface area contributed by atoms with Crippen molar-refractivity contribution in [2.24, 2.45) is 0 Å². The van der Waals surface area contributed by atoms with Gasteiger partial charge in [-0.25, -0.2) is 4.39 Å². The summed E-state index contributed by atoms with van der Waals surface area (Å²) in [7, 11) is 0. The number of hydrogen-bond acceptors (Lipinski definition) is 2. The summed E-state index contributed by atoms with van der Waals surface area (Å²) in [5.74, 6) is -0.494. The third kappa shape index (κ3) is 2.71. The van der Waals surface area contributed by atoms with E-state index in [-0.39, 0.29) is 5.56 Å². The van der Waals surface area contributed by atoms with Crippen molar-refractivity contribution in [2.75, 3.05) is 0 Å². The summed E-state index contributed by atoms with van der Waals surface area (Å²) in [4.78, 5) is 0.957. The van der Waals surface area contributed by atoms with Crippen LogP contribution in [-0.4, -0.2) is 5.11 Å². The van der Waals surface area contributed by atoms with E-state index in [1.165, 1.54) is 23.5 Å². The van der Waals surface area contributed by atoms with E-state index in [4.69, 9.17) is 11.6 Å². The third-order valence-electron chi connectivity index (χ3n) is 2.48. The molecule has 0 aliphatic carbocycles. The number of rotatable bonds is 2. The molecule has 1 atom stereocenters. The Kier molecular flexibility index (Phi) is 3.88. The molecule has 1 heterocycles. The molecule has 0 radical (unpaired) electrons. The molecule has 0 amide bonds. The van der Waals surface area contributed by atoms with Gasteiger partial charge >= 0.3 is 0 Å². The van der Waals surface area contributed by atoms with Gasteiger partial charge in [0.15, 0.2) is 0 Å². The van der Waals surface area contributed by atoms with Crippen LogP contribution in [0.1, 0.15) is 22.1 Å². The van der Waals surface area contributed by atoms with Gasteiger partial charge in [-0.1, -0.05) is 17.7 Å². The number of aliphatic hydroxyl groups excluding tert-OH is 1. The van der Waals surface area contributed by atoms with Crippen LogP contribution in [0.5, 0.6) is 0 Å². The van der Waals surface area contributed by atoms with Crippen LogP contribution in [0.2, 0.25) is 5.02 Å². The second-order valence-electron chi connectivity index (χ2n) is 3.63. The predicted molar refractivity (Wildman–Crippen MR) is 72.2 cm³/mol. The van der Waals surface area contributed by atoms with Crippen molar-refractivity contribution < 1.29 is 9.50 Å². The van der Waals surface area contributed by atoms with Crippen molar-refractivity contribution in [2.45, 2.75) is 13.0 Å². The average Bonchev–Trinajstić information content (AvgIpc) is 2.57. The lowest BCUT2D eigenvalue weighted by molar-refractivity contribution is 0.215. The lowest BCUT2D eigenvalue weighted by atomic mass is 10.0. The summed E-state index contributed by atoms with van der Waals surface area (Å²) in [6.07, 6.45) is -0.963. The molecule has 0 spiro atoms.